The molecule has 1 aromatic rings. The molecule has 0 spiro atoms. The van der Waals surface area contributed by atoms with Crippen molar-refractivity contribution in [2.24, 2.45) is 5.73 Å². The van der Waals surface area contributed by atoms with Crippen molar-refractivity contribution in [1.29, 1.82) is 0 Å². The maximum absolute atomic E-state index is 12.1. The number of aryl methyl sites for hydroxylation is 1. The third-order valence-corrected chi connectivity index (χ3v) is 3.79. The molecule has 1 aliphatic rings. The van der Waals surface area contributed by atoms with Crippen LogP contribution in [0, 0.1) is 0 Å². The Bertz CT molecular complexity index is 386. The minimum absolute atomic E-state index is 0. The van der Waals surface area contributed by atoms with E-state index in [1.54, 1.807) is 6.20 Å². The lowest BCUT2D eigenvalue weighted by molar-refractivity contribution is 0.0795. The van der Waals surface area contributed by atoms with E-state index >= 15 is 0 Å². The normalized spacial score (nSPS) is 18.1. The van der Waals surface area contributed by atoms with Gasteiger partial charge < -0.3 is 10.6 Å². The van der Waals surface area contributed by atoms with Crippen molar-refractivity contribution in [3.63, 3.8) is 0 Å². The van der Waals surface area contributed by atoms with Gasteiger partial charge in [0.2, 0.25) is 0 Å². The van der Waals surface area contributed by atoms with Crippen molar-refractivity contribution in [2.45, 2.75) is 32.2 Å². The number of hydrogen-bond donors (Lipinski definition) is 1. The van der Waals surface area contributed by atoms with Gasteiger partial charge in [-0.15, -0.1) is 36.2 Å². The van der Waals surface area contributed by atoms with E-state index in [9.17, 15) is 4.79 Å². The smallest absolute Gasteiger partial charge is 0.265 e. The van der Waals surface area contributed by atoms with Crippen LogP contribution < -0.4 is 5.73 Å². The summed E-state index contributed by atoms with van der Waals surface area (Å²) in [6.07, 6.45) is 4.63. The fraction of sp³-hybridized carbons (Fsp3) is 0.636. The predicted molar refractivity (Wildman–Crippen MR) is 79.1 cm³/mol. The minimum Gasteiger partial charge on any atom is -0.336 e. The molecule has 2 heterocycles. The van der Waals surface area contributed by atoms with Crippen LogP contribution in [0.15, 0.2) is 6.20 Å². The first-order valence-electron chi connectivity index (χ1n) is 5.70. The Kier molecular flexibility index (Phi) is 7.78. The number of thiazole rings is 1. The maximum Gasteiger partial charge on any atom is 0.265 e. The van der Waals surface area contributed by atoms with Gasteiger partial charge in [-0.1, -0.05) is 6.92 Å². The van der Waals surface area contributed by atoms with E-state index in [2.05, 4.69) is 11.9 Å². The number of aromatic nitrogens is 1. The molecule has 1 aliphatic heterocycles. The Morgan fingerprint density at radius 2 is 2.33 bits per heavy atom. The molecule has 0 aliphatic carbocycles. The lowest BCUT2D eigenvalue weighted by Crippen LogP contribution is -2.31. The van der Waals surface area contributed by atoms with Gasteiger partial charge in [0.25, 0.3) is 5.91 Å². The Morgan fingerprint density at radius 3 is 2.89 bits per heavy atom. The van der Waals surface area contributed by atoms with Crippen LogP contribution in [0.25, 0.3) is 0 Å². The summed E-state index contributed by atoms with van der Waals surface area (Å²) in [5.74, 6) is 0.0906. The summed E-state index contributed by atoms with van der Waals surface area (Å²) in [6, 6.07) is 0.145. The van der Waals surface area contributed by atoms with Gasteiger partial charge in [0, 0.05) is 19.1 Å². The molecule has 4 nitrogen and oxygen atoms in total. The third-order valence-electron chi connectivity index (χ3n) is 2.74. The summed E-state index contributed by atoms with van der Waals surface area (Å²) in [5.41, 5.74) is 5.79. The highest BCUT2D eigenvalue weighted by atomic mass is 35.5. The zero-order chi connectivity index (χ0) is 11.5. The first-order chi connectivity index (χ1) is 7.70. The number of likely N-dealkylation sites (tertiary alicyclic amines) is 1. The molecular weight excluding hydrogens is 293 g/mol. The molecule has 2 N–H and O–H groups in total. The average molecular weight is 312 g/mol. The first-order valence-corrected chi connectivity index (χ1v) is 6.52. The fourth-order valence-corrected chi connectivity index (χ4v) is 2.85. The number of halogens is 2. The van der Waals surface area contributed by atoms with E-state index in [4.69, 9.17) is 5.73 Å². The molecule has 7 heteroatoms. The molecule has 0 unspecified atom stereocenters. The molecule has 104 valence electrons. The molecule has 1 atom stereocenters. The lowest BCUT2D eigenvalue weighted by atomic mass is 10.3. The van der Waals surface area contributed by atoms with Gasteiger partial charge in [-0.25, -0.2) is 4.98 Å². The summed E-state index contributed by atoms with van der Waals surface area (Å²) in [5, 5.41) is 1.05. The first kappa shape index (κ1) is 17.6. The second-order valence-corrected chi connectivity index (χ2v) is 5.28. The van der Waals surface area contributed by atoms with Crippen molar-refractivity contribution >= 4 is 42.1 Å². The van der Waals surface area contributed by atoms with Crippen molar-refractivity contribution in [2.75, 3.05) is 13.1 Å². The summed E-state index contributed by atoms with van der Waals surface area (Å²) in [6.45, 7) is 3.57. The molecule has 0 aromatic carbocycles. The van der Waals surface area contributed by atoms with E-state index in [0.29, 0.717) is 6.54 Å². The fourth-order valence-electron chi connectivity index (χ4n) is 1.87. The number of amides is 1. The Balaban J connectivity index is 0.00000144. The zero-order valence-electron chi connectivity index (χ0n) is 10.3. The van der Waals surface area contributed by atoms with Gasteiger partial charge in [-0.05, 0) is 19.3 Å². The van der Waals surface area contributed by atoms with Crippen LogP contribution in [-0.4, -0.2) is 34.9 Å². The maximum atomic E-state index is 12.1. The zero-order valence-corrected chi connectivity index (χ0v) is 12.7. The van der Waals surface area contributed by atoms with E-state index < -0.39 is 0 Å². The second kappa shape index (κ2) is 7.94. The van der Waals surface area contributed by atoms with Crippen LogP contribution in [0.2, 0.25) is 0 Å². The molecule has 2 rings (SSSR count). The molecule has 18 heavy (non-hydrogen) atoms. The number of hydrogen-bond acceptors (Lipinski definition) is 4. The number of nitrogens with zero attached hydrogens (tertiary/aromatic N) is 2. The number of carbonyl (C=O) groups is 1. The molecule has 1 aromatic heterocycles. The van der Waals surface area contributed by atoms with Crippen LogP contribution in [0.4, 0.5) is 0 Å². The van der Waals surface area contributed by atoms with Crippen molar-refractivity contribution in [1.82, 2.24) is 9.88 Å². The van der Waals surface area contributed by atoms with Crippen LogP contribution >= 0.6 is 36.2 Å². The minimum atomic E-state index is 0. The lowest BCUT2D eigenvalue weighted by Gasteiger charge is -2.13. The van der Waals surface area contributed by atoms with Gasteiger partial charge in [-0.3, -0.25) is 4.79 Å². The molecule has 0 radical (unpaired) electrons. The molecule has 1 amide bonds. The summed E-state index contributed by atoms with van der Waals surface area (Å²) in [7, 11) is 0. The average Bonchev–Trinajstić information content (AvgIpc) is 2.87. The Labute approximate surface area is 124 Å². The number of nitrogens with two attached hydrogens (primary N) is 1. The van der Waals surface area contributed by atoms with E-state index in [1.807, 2.05) is 4.90 Å². The predicted octanol–water partition coefficient (Wildman–Crippen LogP) is 2.11. The van der Waals surface area contributed by atoms with Crippen LogP contribution in [0.5, 0.6) is 0 Å². The highest BCUT2D eigenvalue weighted by molar-refractivity contribution is 7.13. The largest absolute Gasteiger partial charge is 0.336 e. The third kappa shape index (κ3) is 4.09. The Hall–Kier alpha value is -0.360. The number of rotatable bonds is 3. The summed E-state index contributed by atoms with van der Waals surface area (Å²) >= 11 is 1.51. The molecular formula is C11H19Cl2N3OS. The topological polar surface area (TPSA) is 59.2 Å². The Morgan fingerprint density at radius 1 is 1.61 bits per heavy atom. The van der Waals surface area contributed by atoms with E-state index in [-0.39, 0.29) is 36.8 Å². The molecule has 1 saturated heterocycles. The SMILES string of the molecule is CCCc1ncc(C(=O)N2CC[C@@H](N)C2)s1.Cl.Cl. The van der Waals surface area contributed by atoms with Gasteiger partial charge >= 0.3 is 0 Å². The highest BCUT2D eigenvalue weighted by Crippen LogP contribution is 2.19. The summed E-state index contributed by atoms with van der Waals surface area (Å²) in [4.78, 5) is 18.9. The van der Waals surface area contributed by atoms with Crippen molar-refractivity contribution in [3.05, 3.63) is 16.1 Å². The summed E-state index contributed by atoms with van der Waals surface area (Å²) < 4.78 is 0. The monoisotopic (exact) mass is 311 g/mol. The molecule has 0 bridgehead atoms. The van der Waals surface area contributed by atoms with Gasteiger partial charge in [0.05, 0.1) is 11.2 Å². The van der Waals surface area contributed by atoms with Gasteiger partial charge in [0.1, 0.15) is 4.88 Å². The quantitative estimate of drug-likeness (QED) is 0.930. The van der Waals surface area contributed by atoms with Crippen LogP contribution in [0.3, 0.4) is 0 Å². The van der Waals surface area contributed by atoms with Crippen molar-refractivity contribution < 1.29 is 4.79 Å². The number of carbonyl (C=O) groups excluding carboxylic acids is 1. The van der Waals surface area contributed by atoms with Gasteiger partial charge in [-0.2, -0.15) is 0 Å². The van der Waals surface area contributed by atoms with E-state index in [1.165, 1.54) is 11.3 Å². The van der Waals surface area contributed by atoms with Crippen LogP contribution in [-0.2, 0) is 6.42 Å². The highest BCUT2D eigenvalue weighted by Gasteiger charge is 2.25. The van der Waals surface area contributed by atoms with Crippen LogP contribution in [0.1, 0.15) is 34.4 Å². The van der Waals surface area contributed by atoms with Crippen molar-refractivity contribution in [3.8, 4) is 0 Å². The standard InChI is InChI=1S/C11H17N3OS.2ClH/c1-2-3-10-13-6-9(16-10)11(15)14-5-4-8(12)7-14;;/h6,8H,2-5,7,12H2,1H3;2*1H/t8-;;/m1../s1. The second-order valence-electron chi connectivity index (χ2n) is 4.17. The molecule has 0 saturated carbocycles. The van der Waals surface area contributed by atoms with Gasteiger partial charge in [0.15, 0.2) is 0 Å². The van der Waals surface area contributed by atoms with E-state index in [0.717, 1.165) is 35.7 Å². The molecule has 1 fully saturated rings.